The Kier molecular flexibility index (Phi) is 5.08. The van der Waals surface area contributed by atoms with Gasteiger partial charge in [-0.25, -0.2) is 4.98 Å². The molecule has 0 fully saturated rings. The molecule has 0 unspecified atom stereocenters. The molecule has 1 aromatic carbocycles. The first kappa shape index (κ1) is 17.1. The third kappa shape index (κ3) is 4.34. The number of amides is 1. The molecule has 0 saturated heterocycles. The number of aromatic nitrogens is 1. The predicted octanol–water partition coefficient (Wildman–Crippen LogP) is 3.67. The molecule has 1 heterocycles. The molecule has 7 heteroatoms. The van der Waals surface area contributed by atoms with E-state index >= 15 is 0 Å². The fourth-order valence-corrected chi connectivity index (χ4v) is 2.30. The molecule has 2 rings (SSSR count). The third-order valence-corrected chi connectivity index (χ3v) is 3.45. The lowest BCUT2D eigenvalue weighted by molar-refractivity contribution is -0.141. The molecule has 23 heavy (non-hydrogen) atoms. The van der Waals surface area contributed by atoms with E-state index in [4.69, 9.17) is 0 Å². The molecule has 1 amide bonds. The van der Waals surface area contributed by atoms with Crippen molar-refractivity contribution in [3.8, 4) is 0 Å². The van der Waals surface area contributed by atoms with Crippen LogP contribution < -0.4 is 5.32 Å². The molecule has 2 aromatic rings. The first-order valence-electron chi connectivity index (χ1n) is 7.14. The van der Waals surface area contributed by atoms with Gasteiger partial charge in [0.05, 0.1) is 0 Å². The topological polar surface area (TPSA) is 55.1 Å². The number of hydrogen-bond donors (Lipinski definition) is 1. The molecule has 0 aliphatic rings. The van der Waals surface area contributed by atoms with Crippen LogP contribution in [0, 0.1) is 13.8 Å². The largest absolute Gasteiger partial charge is 0.438 e. The zero-order valence-electron chi connectivity index (χ0n) is 12.8. The van der Waals surface area contributed by atoms with Gasteiger partial charge in [-0.05, 0) is 37.8 Å². The summed E-state index contributed by atoms with van der Waals surface area (Å²) >= 11 is 0. The van der Waals surface area contributed by atoms with Crippen molar-refractivity contribution in [1.82, 2.24) is 10.3 Å². The van der Waals surface area contributed by atoms with Crippen LogP contribution in [0.1, 0.15) is 39.4 Å². The number of nitrogens with zero attached hydrogens (tertiary/aromatic N) is 1. The van der Waals surface area contributed by atoms with E-state index in [1.54, 1.807) is 0 Å². The maximum absolute atomic E-state index is 12.6. The molecule has 0 saturated carbocycles. The minimum absolute atomic E-state index is 0.254. The predicted molar refractivity (Wildman–Crippen MR) is 78.1 cm³/mol. The summed E-state index contributed by atoms with van der Waals surface area (Å²) in [6, 6.07) is 6.09. The zero-order valence-corrected chi connectivity index (χ0v) is 12.8. The monoisotopic (exact) mass is 326 g/mol. The average Bonchev–Trinajstić information content (AvgIpc) is 2.94. The van der Waals surface area contributed by atoms with Gasteiger partial charge in [0.25, 0.3) is 5.91 Å². The van der Waals surface area contributed by atoms with Gasteiger partial charge in [0, 0.05) is 6.54 Å². The van der Waals surface area contributed by atoms with Crippen LogP contribution in [0.2, 0.25) is 0 Å². The molecule has 0 aliphatic heterocycles. The van der Waals surface area contributed by atoms with Gasteiger partial charge in [0.2, 0.25) is 5.76 Å². The van der Waals surface area contributed by atoms with E-state index in [-0.39, 0.29) is 6.54 Å². The molecule has 1 N–H and O–H groups in total. The van der Waals surface area contributed by atoms with Crippen molar-refractivity contribution in [3.05, 3.63) is 52.7 Å². The van der Waals surface area contributed by atoms with Crippen LogP contribution in [0.4, 0.5) is 13.2 Å². The number of alkyl halides is 3. The van der Waals surface area contributed by atoms with E-state index in [9.17, 15) is 18.0 Å². The van der Waals surface area contributed by atoms with Crippen LogP contribution in [-0.2, 0) is 12.6 Å². The molecule has 124 valence electrons. The van der Waals surface area contributed by atoms with Gasteiger partial charge in [-0.3, -0.25) is 4.79 Å². The van der Waals surface area contributed by atoms with E-state index in [2.05, 4.69) is 20.8 Å². The van der Waals surface area contributed by atoms with Crippen LogP contribution >= 0.6 is 0 Å². The van der Waals surface area contributed by atoms with Crippen LogP contribution in [-0.4, -0.2) is 17.4 Å². The Morgan fingerprint density at radius 3 is 2.70 bits per heavy atom. The number of hydrogen-bond acceptors (Lipinski definition) is 3. The highest BCUT2D eigenvalue weighted by Gasteiger charge is 2.39. The molecule has 0 bridgehead atoms. The highest BCUT2D eigenvalue weighted by Crippen LogP contribution is 2.30. The molecule has 0 spiro atoms. The van der Waals surface area contributed by atoms with Crippen molar-refractivity contribution in [2.45, 2.75) is 32.9 Å². The molecule has 0 radical (unpaired) electrons. The summed E-state index contributed by atoms with van der Waals surface area (Å²) in [4.78, 5) is 14.8. The van der Waals surface area contributed by atoms with Gasteiger partial charge in [0.15, 0.2) is 12.1 Å². The summed E-state index contributed by atoms with van der Waals surface area (Å²) in [5, 5.41) is 2.43. The number of carbonyl (C=O) groups excluding carboxylic acids is 1. The lowest BCUT2D eigenvalue weighted by atomic mass is 10.0. The van der Waals surface area contributed by atoms with Crippen molar-refractivity contribution in [1.29, 1.82) is 0 Å². The van der Waals surface area contributed by atoms with Crippen LogP contribution in [0.5, 0.6) is 0 Å². The minimum atomic E-state index is -4.71. The maximum atomic E-state index is 12.6. The second-order valence-corrected chi connectivity index (χ2v) is 5.32. The van der Waals surface area contributed by atoms with Gasteiger partial charge in [-0.15, -0.1) is 0 Å². The van der Waals surface area contributed by atoms with Gasteiger partial charge >= 0.3 is 6.18 Å². The van der Waals surface area contributed by atoms with Crippen molar-refractivity contribution in [2.24, 2.45) is 0 Å². The van der Waals surface area contributed by atoms with Crippen LogP contribution in [0.25, 0.3) is 0 Å². The number of oxazole rings is 1. The summed E-state index contributed by atoms with van der Waals surface area (Å²) in [5.74, 6) is -1.71. The van der Waals surface area contributed by atoms with E-state index in [1.807, 2.05) is 26.0 Å². The van der Waals surface area contributed by atoms with Crippen molar-refractivity contribution >= 4 is 5.91 Å². The Labute approximate surface area is 131 Å². The SMILES string of the molecule is Cc1ccc(CCCNC(=O)c2ocnc2C(F)(F)F)c(C)c1. The van der Waals surface area contributed by atoms with Crippen molar-refractivity contribution < 1.29 is 22.4 Å². The number of rotatable bonds is 5. The van der Waals surface area contributed by atoms with Gasteiger partial charge in [0.1, 0.15) is 0 Å². The first-order valence-corrected chi connectivity index (χ1v) is 7.14. The van der Waals surface area contributed by atoms with E-state index < -0.39 is 23.5 Å². The highest BCUT2D eigenvalue weighted by atomic mass is 19.4. The fourth-order valence-electron chi connectivity index (χ4n) is 2.30. The van der Waals surface area contributed by atoms with Gasteiger partial charge < -0.3 is 9.73 Å². The Hall–Kier alpha value is -2.31. The quantitative estimate of drug-likeness (QED) is 0.853. The third-order valence-electron chi connectivity index (χ3n) is 3.45. The molecule has 4 nitrogen and oxygen atoms in total. The number of nitrogens with one attached hydrogen (secondary N) is 1. The Bertz CT molecular complexity index is 693. The summed E-state index contributed by atoms with van der Waals surface area (Å²) in [6.07, 6.45) is -2.74. The number of carbonyl (C=O) groups is 1. The zero-order chi connectivity index (χ0) is 17.0. The smallest absolute Gasteiger partial charge is 0.437 e. The van der Waals surface area contributed by atoms with Gasteiger partial charge in [-0.2, -0.15) is 13.2 Å². The lowest BCUT2D eigenvalue weighted by Crippen LogP contribution is -2.26. The average molecular weight is 326 g/mol. The molecular weight excluding hydrogens is 309 g/mol. The fraction of sp³-hybridized carbons (Fsp3) is 0.375. The van der Waals surface area contributed by atoms with Crippen molar-refractivity contribution in [3.63, 3.8) is 0 Å². The summed E-state index contributed by atoms with van der Waals surface area (Å²) in [6.45, 7) is 4.27. The molecule has 0 atom stereocenters. The van der Waals surface area contributed by atoms with E-state index in [0.29, 0.717) is 12.8 Å². The lowest BCUT2D eigenvalue weighted by Gasteiger charge is -2.08. The minimum Gasteiger partial charge on any atom is -0.438 e. The Balaban J connectivity index is 1.87. The Morgan fingerprint density at radius 2 is 2.04 bits per heavy atom. The Morgan fingerprint density at radius 1 is 1.30 bits per heavy atom. The molecular formula is C16H17F3N2O2. The van der Waals surface area contributed by atoms with Crippen LogP contribution in [0.15, 0.2) is 29.0 Å². The second-order valence-electron chi connectivity index (χ2n) is 5.32. The summed E-state index contributed by atoms with van der Waals surface area (Å²) < 4.78 is 42.4. The van der Waals surface area contributed by atoms with Gasteiger partial charge in [-0.1, -0.05) is 23.8 Å². The second kappa shape index (κ2) is 6.85. The molecule has 0 aliphatic carbocycles. The standard InChI is InChI=1S/C16H17F3N2O2/c1-10-5-6-12(11(2)8-10)4-3-7-20-15(22)13-14(16(17,18)19)21-9-23-13/h5-6,8-9H,3-4,7H2,1-2H3,(H,20,22). The summed E-state index contributed by atoms with van der Waals surface area (Å²) in [7, 11) is 0. The number of halogens is 3. The number of benzene rings is 1. The van der Waals surface area contributed by atoms with E-state index in [0.717, 1.165) is 17.5 Å². The normalized spacial score (nSPS) is 11.5. The van der Waals surface area contributed by atoms with E-state index in [1.165, 1.54) is 5.56 Å². The van der Waals surface area contributed by atoms with Crippen molar-refractivity contribution in [2.75, 3.05) is 6.54 Å². The summed E-state index contributed by atoms with van der Waals surface area (Å²) in [5.41, 5.74) is 2.18. The highest BCUT2D eigenvalue weighted by molar-refractivity contribution is 5.92. The van der Waals surface area contributed by atoms with Crippen LogP contribution in [0.3, 0.4) is 0 Å². The number of aryl methyl sites for hydroxylation is 3. The maximum Gasteiger partial charge on any atom is 0.437 e. The molecule has 1 aromatic heterocycles. The first-order chi connectivity index (χ1) is 10.8.